The standard InChI is InChI=1S/C12H16BrN3/c1-2-15-7-4-8-16-12-6-3-5-11(13)10(12)9-14/h3,5-6,15-16H,2,4,7-8H2,1H3. The van der Waals surface area contributed by atoms with Crippen LogP contribution in [0.15, 0.2) is 22.7 Å². The predicted molar refractivity (Wildman–Crippen MR) is 70.5 cm³/mol. The summed E-state index contributed by atoms with van der Waals surface area (Å²) in [4.78, 5) is 0. The second-order valence-corrected chi connectivity index (χ2v) is 4.26. The highest BCUT2D eigenvalue weighted by atomic mass is 79.9. The number of benzene rings is 1. The lowest BCUT2D eigenvalue weighted by Gasteiger charge is -2.09. The van der Waals surface area contributed by atoms with Crippen molar-refractivity contribution in [3.8, 4) is 6.07 Å². The first-order valence-corrected chi connectivity index (χ1v) is 6.22. The molecule has 1 rings (SSSR count). The fourth-order valence-corrected chi connectivity index (χ4v) is 1.85. The number of nitriles is 1. The molecule has 4 heteroatoms. The molecule has 0 radical (unpaired) electrons. The fourth-order valence-electron chi connectivity index (χ4n) is 1.40. The second kappa shape index (κ2) is 7.26. The molecule has 0 aliphatic carbocycles. The lowest BCUT2D eigenvalue weighted by molar-refractivity contribution is 0.688. The average molecular weight is 282 g/mol. The summed E-state index contributed by atoms with van der Waals surface area (Å²) in [6.45, 7) is 4.97. The van der Waals surface area contributed by atoms with E-state index in [0.29, 0.717) is 5.56 Å². The van der Waals surface area contributed by atoms with Gasteiger partial charge < -0.3 is 10.6 Å². The highest BCUT2D eigenvalue weighted by Gasteiger charge is 2.04. The molecule has 16 heavy (non-hydrogen) atoms. The monoisotopic (exact) mass is 281 g/mol. The molecular formula is C12H16BrN3. The van der Waals surface area contributed by atoms with Crippen LogP contribution < -0.4 is 10.6 Å². The molecule has 1 aromatic carbocycles. The Labute approximate surface area is 105 Å². The zero-order valence-corrected chi connectivity index (χ0v) is 11.0. The van der Waals surface area contributed by atoms with Gasteiger partial charge in [0.2, 0.25) is 0 Å². The summed E-state index contributed by atoms with van der Waals surface area (Å²) >= 11 is 3.37. The van der Waals surface area contributed by atoms with Crippen molar-refractivity contribution in [3.63, 3.8) is 0 Å². The number of anilines is 1. The van der Waals surface area contributed by atoms with E-state index in [9.17, 15) is 0 Å². The van der Waals surface area contributed by atoms with Crippen LogP contribution in [0, 0.1) is 11.3 Å². The predicted octanol–water partition coefficient (Wildman–Crippen LogP) is 2.73. The number of rotatable bonds is 6. The van der Waals surface area contributed by atoms with Crippen LogP contribution in [-0.2, 0) is 0 Å². The minimum Gasteiger partial charge on any atom is -0.384 e. The van der Waals surface area contributed by atoms with Gasteiger partial charge in [0.1, 0.15) is 6.07 Å². The molecule has 0 aliphatic rings. The summed E-state index contributed by atoms with van der Waals surface area (Å²) in [6, 6.07) is 7.92. The van der Waals surface area contributed by atoms with Crippen LogP contribution in [0.25, 0.3) is 0 Å². The molecule has 1 aromatic rings. The summed E-state index contributed by atoms with van der Waals surface area (Å²) in [5.41, 5.74) is 1.57. The van der Waals surface area contributed by atoms with E-state index in [2.05, 4.69) is 39.6 Å². The maximum absolute atomic E-state index is 9.01. The van der Waals surface area contributed by atoms with Crippen LogP contribution in [0.3, 0.4) is 0 Å². The van der Waals surface area contributed by atoms with Crippen molar-refractivity contribution in [2.45, 2.75) is 13.3 Å². The minimum absolute atomic E-state index is 0.672. The van der Waals surface area contributed by atoms with Gasteiger partial charge in [-0.3, -0.25) is 0 Å². The van der Waals surface area contributed by atoms with Gasteiger partial charge in [-0.15, -0.1) is 0 Å². The summed E-state index contributed by atoms with van der Waals surface area (Å²) in [5, 5.41) is 15.5. The molecular weight excluding hydrogens is 266 g/mol. The van der Waals surface area contributed by atoms with Crippen molar-refractivity contribution in [1.82, 2.24) is 5.32 Å². The van der Waals surface area contributed by atoms with Crippen LogP contribution in [0.5, 0.6) is 0 Å². The molecule has 0 atom stereocenters. The van der Waals surface area contributed by atoms with Gasteiger partial charge in [-0.25, -0.2) is 0 Å². The van der Waals surface area contributed by atoms with E-state index in [0.717, 1.165) is 36.2 Å². The zero-order chi connectivity index (χ0) is 11.8. The van der Waals surface area contributed by atoms with Gasteiger partial charge in [0.05, 0.1) is 11.3 Å². The lowest BCUT2D eigenvalue weighted by Crippen LogP contribution is -2.17. The molecule has 0 heterocycles. The smallest absolute Gasteiger partial charge is 0.103 e. The lowest BCUT2D eigenvalue weighted by atomic mass is 10.2. The number of nitrogens with one attached hydrogen (secondary N) is 2. The van der Waals surface area contributed by atoms with Gasteiger partial charge in [0.25, 0.3) is 0 Å². The topological polar surface area (TPSA) is 47.8 Å². The normalized spacial score (nSPS) is 9.81. The van der Waals surface area contributed by atoms with Crippen LogP contribution in [0.1, 0.15) is 18.9 Å². The first-order chi connectivity index (χ1) is 7.79. The van der Waals surface area contributed by atoms with Crippen molar-refractivity contribution in [2.24, 2.45) is 0 Å². The minimum atomic E-state index is 0.672. The SMILES string of the molecule is CCNCCCNc1cccc(Br)c1C#N. The van der Waals surface area contributed by atoms with Crippen molar-refractivity contribution in [3.05, 3.63) is 28.2 Å². The van der Waals surface area contributed by atoms with Crippen molar-refractivity contribution in [2.75, 3.05) is 25.0 Å². The third-order valence-electron chi connectivity index (χ3n) is 2.22. The Bertz CT molecular complexity index is 371. The summed E-state index contributed by atoms with van der Waals surface area (Å²) < 4.78 is 0.840. The number of halogens is 1. The van der Waals surface area contributed by atoms with Crippen molar-refractivity contribution >= 4 is 21.6 Å². The fraction of sp³-hybridized carbons (Fsp3) is 0.417. The molecule has 0 saturated heterocycles. The molecule has 0 fully saturated rings. The van der Waals surface area contributed by atoms with E-state index < -0.39 is 0 Å². The Morgan fingerprint density at radius 3 is 2.88 bits per heavy atom. The van der Waals surface area contributed by atoms with Crippen LogP contribution in [0.4, 0.5) is 5.69 Å². The largest absolute Gasteiger partial charge is 0.384 e. The Hall–Kier alpha value is -1.05. The Kier molecular flexibility index (Phi) is 5.91. The first-order valence-electron chi connectivity index (χ1n) is 5.42. The highest BCUT2D eigenvalue weighted by molar-refractivity contribution is 9.10. The summed E-state index contributed by atoms with van der Waals surface area (Å²) in [7, 11) is 0. The van der Waals surface area contributed by atoms with Crippen molar-refractivity contribution < 1.29 is 0 Å². The number of hydrogen-bond acceptors (Lipinski definition) is 3. The Balaban J connectivity index is 2.48. The first kappa shape index (κ1) is 13.0. The average Bonchev–Trinajstić information content (AvgIpc) is 2.29. The summed E-state index contributed by atoms with van der Waals surface area (Å²) in [5.74, 6) is 0. The van der Waals surface area contributed by atoms with Gasteiger partial charge in [-0.05, 0) is 47.6 Å². The summed E-state index contributed by atoms with van der Waals surface area (Å²) in [6.07, 6.45) is 1.05. The molecule has 0 aromatic heterocycles. The second-order valence-electron chi connectivity index (χ2n) is 3.41. The van der Waals surface area contributed by atoms with E-state index in [1.807, 2.05) is 18.2 Å². The number of hydrogen-bond donors (Lipinski definition) is 2. The van der Waals surface area contributed by atoms with E-state index >= 15 is 0 Å². The van der Waals surface area contributed by atoms with Crippen LogP contribution in [0.2, 0.25) is 0 Å². The Morgan fingerprint density at radius 1 is 1.38 bits per heavy atom. The zero-order valence-electron chi connectivity index (χ0n) is 9.39. The van der Waals surface area contributed by atoms with Gasteiger partial charge in [-0.2, -0.15) is 5.26 Å². The molecule has 0 unspecified atom stereocenters. The van der Waals surface area contributed by atoms with Crippen molar-refractivity contribution in [1.29, 1.82) is 5.26 Å². The molecule has 0 amide bonds. The van der Waals surface area contributed by atoms with Gasteiger partial charge in [0.15, 0.2) is 0 Å². The molecule has 0 bridgehead atoms. The van der Waals surface area contributed by atoms with E-state index in [1.165, 1.54) is 0 Å². The number of nitrogens with zero attached hydrogens (tertiary/aromatic N) is 1. The van der Waals surface area contributed by atoms with Crippen LogP contribution in [-0.4, -0.2) is 19.6 Å². The van der Waals surface area contributed by atoms with Gasteiger partial charge >= 0.3 is 0 Å². The highest BCUT2D eigenvalue weighted by Crippen LogP contribution is 2.23. The van der Waals surface area contributed by atoms with E-state index in [-0.39, 0.29) is 0 Å². The maximum Gasteiger partial charge on any atom is 0.103 e. The Morgan fingerprint density at radius 2 is 2.19 bits per heavy atom. The quantitative estimate of drug-likeness (QED) is 0.789. The maximum atomic E-state index is 9.01. The van der Waals surface area contributed by atoms with E-state index in [4.69, 9.17) is 5.26 Å². The van der Waals surface area contributed by atoms with Gasteiger partial charge in [-0.1, -0.05) is 13.0 Å². The van der Waals surface area contributed by atoms with Crippen LogP contribution >= 0.6 is 15.9 Å². The molecule has 3 nitrogen and oxygen atoms in total. The third-order valence-corrected chi connectivity index (χ3v) is 2.88. The van der Waals surface area contributed by atoms with Gasteiger partial charge in [0, 0.05) is 11.0 Å². The molecule has 2 N–H and O–H groups in total. The third kappa shape index (κ3) is 3.84. The van der Waals surface area contributed by atoms with E-state index in [1.54, 1.807) is 0 Å². The molecule has 0 spiro atoms. The molecule has 0 aliphatic heterocycles. The molecule has 0 saturated carbocycles. The molecule has 86 valence electrons.